The second-order valence-electron chi connectivity index (χ2n) is 2.55. The highest BCUT2D eigenvalue weighted by atomic mass is 16.5. The average Bonchev–Trinajstić information content (AvgIpc) is 2.30. The van der Waals surface area contributed by atoms with Crippen LogP contribution in [0.2, 0.25) is 0 Å². The van der Waals surface area contributed by atoms with Gasteiger partial charge >= 0.3 is 5.97 Å². The lowest BCUT2D eigenvalue weighted by Gasteiger charge is -2.09. The SMILES string of the molecule is O=C(O)/C=C/[C@H]1OC[C@H](O)[C@H]1O. The third kappa shape index (κ3) is 2.04. The lowest BCUT2D eigenvalue weighted by atomic mass is 10.1. The van der Waals surface area contributed by atoms with Crippen molar-refractivity contribution in [3.05, 3.63) is 12.2 Å². The summed E-state index contributed by atoms with van der Waals surface area (Å²) in [4.78, 5) is 10.1. The van der Waals surface area contributed by atoms with Gasteiger partial charge in [0.05, 0.1) is 6.61 Å². The van der Waals surface area contributed by atoms with Crippen molar-refractivity contribution >= 4 is 5.97 Å². The fourth-order valence-corrected chi connectivity index (χ4v) is 0.972. The number of aliphatic hydroxyl groups excluding tert-OH is 2. The average molecular weight is 174 g/mol. The Labute approximate surface area is 68.9 Å². The molecule has 5 heteroatoms. The number of ether oxygens (including phenoxy) is 1. The molecule has 0 aromatic carbocycles. The Bertz CT molecular complexity index is 200. The lowest BCUT2D eigenvalue weighted by molar-refractivity contribution is -0.131. The van der Waals surface area contributed by atoms with Gasteiger partial charge in [-0.1, -0.05) is 0 Å². The number of rotatable bonds is 2. The van der Waals surface area contributed by atoms with Crippen LogP contribution >= 0.6 is 0 Å². The van der Waals surface area contributed by atoms with E-state index in [1.807, 2.05) is 0 Å². The minimum absolute atomic E-state index is 0.0375. The van der Waals surface area contributed by atoms with Crippen LogP contribution in [0.4, 0.5) is 0 Å². The van der Waals surface area contributed by atoms with Gasteiger partial charge in [0.15, 0.2) is 0 Å². The van der Waals surface area contributed by atoms with Gasteiger partial charge in [0, 0.05) is 6.08 Å². The number of carboxylic acid groups (broad SMARTS) is 1. The van der Waals surface area contributed by atoms with Gasteiger partial charge in [-0.3, -0.25) is 0 Å². The molecule has 1 aliphatic rings. The van der Waals surface area contributed by atoms with Crippen LogP contribution in [0.15, 0.2) is 12.2 Å². The molecule has 1 heterocycles. The fourth-order valence-electron chi connectivity index (χ4n) is 0.972. The monoisotopic (exact) mass is 174 g/mol. The van der Waals surface area contributed by atoms with Crippen LogP contribution in [0.25, 0.3) is 0 Å². The Hall–Kier alpha value is -0.910. The van der Waals surface area contributed by atoms with Crippen molar-refractivity contribution in [1.82, 2.24) is 0 Å². The maximum atomic E-state index is 10.1. The van der Waals surface area contributed by atoms with Crippen LogP contribution in [-0.2, 0) is 9.53 Å². The zero-order valence-electron chi connectivity index (χ0n) is 6.25. The first-order valence-electron chi connectivity index (χ1n) is 3.50. The molecule has 1 aliphatic heterocycles. The quantitative estimate of drug-likeness (QED) is 0.455. The summed E-state index contributed by atoms with van der Waals surface area (Å²) in [6.45, 7) is 0.0375. The predicted molar refractivity (Wildman–Crippen MR) is 38.5 cm³/mol. The molecular formula is C7H10O5. The molecule has 1 saturated heterocycles. The van der Waals surface area contributed by atoms with Crippen LogP contribution in [-0.4, -0.2) is 46.2 Å². The summed E-state index contributed by atoms with van der Waals surface area (Å²) in [5, 5.41) is 26.4. The van der Waals surface area contributed by atoms with E-state index in [0.717, 1.165) is 6.08 Å². The molecule has 0 radical (unpaired) electrons. The van der Waals surface area contributed by atoms with Gasteiger partial charge in [-0.2, -0.15) is 0 Å². The molecule has 0 aromatic heterocycles. The normalized spacial score (nSPS) is 36.0. The first-order chi connectivity index (χ1) is 5.61. The van der Waals surface area contributed by atoms with Crippen molar-refractivity contribution in [1.29, 1.82) is 0 Å². The number of carbonyl (C=O) groups is 1. The Balaban J connectivity index is 2.49. The van der Waals surface area contributed by atoms with Gasteiger partial charge in [-0.25, -0.2) is 4.79 Å². The van der Waals surface area contributed by atoms with Gasteiger partial charge in [-0.05, 0) is 6.08 Å². The highest BCUT2D eigenvalue weighted by Gasteiger charge is 2.32. The molecule has 0 bridgehead atoms. The topological polar surface area (TPSA) is 87.0 Å². The molecule has 0 saturated carbocycles. The van der Waals surface area contributed by atoms with E-state index < -0.39 is 24.3 Å². The van der Waals surface area contributed by atoms with Gasteiger partial charge < -0.3 is 20.1 Å². The summed E-state index contributed by atoms with van der Waals surface area (Å²) >= 11 is 0. The number of hydrogen-bond donors (Lipinski definition) is 3. The van der Waals surface area contributed by atoms with E-state index in [2.05, 4.69) is 0 Å². The summed E-state index contributed by atoms with van der Waals surface area (Å²) in [7, 11) is 0. The van der Waals surface area contributed by atoms with E-state index in [0.29, 0.717) is 0 Å². The molecule has 12 heavy (non-hydrogen) atoms. The summed E-state index contributed by atoms with van der Waals surface area (Å²) < 4.78 is 4.88. The van der Waals surface area contributed by atoms with Crippen LogP contribution in [0.3, 0.4) is 0 Å². The predicted octanol–water partition coefficient (Wildman–Crippen LogP) is -1.25. The molecule has 0 spiro atoms. The first kappa shape index (κ1) is 9.18. The van der Waals surface area contributed by atoms with Crippen molar-refractivity contribution in [2.24, 2.45) is 0 Å². The second kappa shape index (κ2) is 3.66. The smallest absolute Gasteiger partial charge is 0.328 e. The van der Waals surface area contributed by atoms with Crippen LogP contribution in [0.5, 0.6) is 0 Å². The number of carboxylic acids is 1. The third-order valence-electron chi connectivity index (χ3n) is 1.62. The zero-order valence-corrected chi connectivity index (χ0v) is 6.25. The molecule has 0 unspecified atom stereocenters. The van der Waals surface area contributed by atoms with E-state index in [9.17, 15) is 4.79 Å². The van der Waals surface area contributed by atoms with Crippen molar-refractivity contribution < 1.29 is 24.9 Å². The molecule has 0 aromatic rings. The maximum absolute atomic E-state index is 10.1. The Morgan fingerprint density at radius 2 is 2.17 bits per heavy atom. The van der Waals surface area contributed by atoms with Crippen molar-refractivity contribution in [3.63, 3.8) is 0 Å². The van der Waals surface area contributed by atoms with Crippen molar-refractivity contribution in [2.75, 3.05) is 6.61 Å². The molecule has 3 N–H and O–H groups in total. The molecule has 1 rings (SSSR count). The van der Waals surface area contributed by atoms with E-state index in [1.165, 1.54) is 6.08 Å². The summed E-state index contributed by atoms with van der Waals surface area (Å²) in [6, 6.07) is 0. The molecule has 1 fully saturated rings. The highest BCUT2D eigenvalue weighted by molar-refractivity contribution is 5.79. The Kier molecular flexibility index (Phi) is 2.80. The minimum Gasteiger partial charge on any atom is -0.478 e. The van der Waals surface area contributed by atoms with Crippen LogP contribution in [0.1, 0.15) is 0 Å². The van der Waals surface area contributed by atoms with Gasteiger partial charge in [0.1, 0.15) is 18.3 Å². The number of aliphatic carboxylic acids is 1. The van der Waals surface area contributed by atoms with Crippen LogP contribution < -0.4 is 0 Å². The summed E-state index contributed by atoms with van der Waals surface area (Å²) in [5.41, 5.74) is 0. The lowest BCUT2D eigenvalue weighted by Crippen LogP contribution is -2.28. The van der Waals surface area contributed by atoms with Gasteiger partial charge in [-0.15, -0.1) is 0 Å². The van der Waals surface area contributed by atoms with Crippen molar-refractivity contribution in [3.8, 4) is 0 Å². The van der Waals surface area contributed by atoms with E-state index in [4.69, 9.17) is 20.1 Å². The molecule has 0 aliphatic carbocycles. The molecule has 5 nitrogen and oxygen atoms in total. The standard InChI is InChI=1S/C7H10O5/c8-4-3-12-5(7(4)11)1-2-6(9)10/h1-2,4-5,7-8,11H,3H2,(H,9,10)/b2-1+/t4-,5+,7+/m0/s1. The largest absolute Gasteiger partial charge is 0.478 e. The number of aliphatic hydroxyl groups is 2. The summed E-state index contributed by atoms with van der Waals surface area (Å²) in [5.74, 6) is -1.10. The van der Waals surface area contributed by atoms with Crippen molar-refractivity contribution in [2.45, 2.75) is 18.3 Å². The van der Waals surface area contributed by atoms with Crippen LogP contribution in [0, 0.1) is 0 Å². The second-order valence-corrected chi connectivity index (χ2v) is 2.55. The van der Waals surface area contributed by atoms with Gasteiger partial charge in [0.2, 0.25) is 0 Å². The van der Waals surface area contributed by atoms with E-state index >= 15 is 0 Å². The Morgan fingerprint density at radius 3 is 2.58 bits per heavy atom. The first-order valence-corrected chi connectivity index (χ1v) is 3.50. The maximum Gasteiger partial charge on any atom is 0.328 e. The van der Waals surface area contributed by atoms with E-state index in [-0.39, 0.29) is 6.61 Å². The molecule has 68 valence electrons. The summed E-state index contributed by atoms with van der Waals surface area (Å²) in [6.07, 6.45) is -0.569. The third-order valence-corrected chi connectivity index (χ3v) is 1.62. The molecule has 0 amide bonds. The highest BCUT2D eigenvalue weighted by Crippen LogP contribution is 2.14. The van der Waals surface area contributed by atoms with E-state index in [1.54, 1.807) is 0 Å². The number of hydrogen-bond acceptors (Lipinski definition) is 4. The minimum atomic E-state index is -1.10. The van der Waals surface area contributed by atoms with Gasteiger partial charge in [0.25, 0.3) is 0 Å². The zero-order chi connectivity index (χ0) is 9.14. The Morgan fingerprint density at radius 1 is 1.50 bits per heavy atom. The molecular weight excluding hydrogens is 164 g/mol. The fraction of sp³-hybridized carbons (Fsp3) is 0.571. The molecule has 3 atom stereocenters.